The monoisotopic (exact) mass is 407 g/mol. The van der Waals surface area contributed by atoms with Crippen molar-refractivity contribution in [1.82, 2.24) is 9.88 Å². The normalized spacial score (nSPS) is 15.4. The Morgan fingerprint density at radius 2 is 1.96 bits per heavy atom. The van der Waals surface area contributed by atoms with Crippen molar-refractivity contribution in [3.8, 4) is 11.3 Å². The van der Waals surface area contributed by atoms with Gasteiger partial charge in [-0.1, -0.05) is 34.5 Å². The number of anilines is 1. The molecule has 1 aromatic carbocycles. The van der Waals surface area contributed by atoms with Gasteiger partial charge in [-0.15, -0.1) is 11.3 Å². The fourth-order valence-corrected chi connectivity index (χ4v) is 3.91. The molecule has 2 aromatic rings. The molecule has 128 valence electrons. The van der Waals surface area contributed by atoms with Gasteiger partial charge in [0.2, 0.25) is 5.91 Å². The van der Waals surface area contributed by atoms with Gasteiger partial charge in [0, 0.05) is 21.8 Å². The smallest absolute Gasteiger partial charge is 0.226 e. The molecule has 1 aliphatic rings. The number of carbonyl (C=O) groups excluding carboxylic acids is 1. The molecular formula is C18H22BrN3OS. The maximum atomic E-state index is 12.1. The molecule has 0 radical (unpaired) electrons. The number of hydrogen-bond acceptors (Lipinski definition) is 4. The van der Waals surface area contributed by atoms with Crippen molar-refractivity contribution in [3.05, 3.63) is 34.1 Å². The van der Waals surface area contributed by atoms with Gasteiger partial charge in [0.1, 0.15) is 0 Å². The van der Waals surface area contributed by atoms with Crippen molar-refractivity contribution in [2.45, 2.75) is 32.1 Å². The van der Waals surface area contributed by atoms with E-state index in [1.807, 2.05) is 29.6 Å². The molecule has 0 bridgehead atoms. The standard InChI is InChI=1S/C18H22BrN3OS/c19-15-8-6-14(7-9-15)16-13-24-18(20-16)21-17(23)5-4-12-22-10-2-1-3-11-22/h6-9,13H,1-5,10-12H2,(H,20,21,23). The van der Waals surface area contributed by atoms with E-state index in [0.717, 1.165) is 28.7 Å². The number of amides is 1. The molecule has 1 N–H and O–H groups in total. The third kappa shape index (κ3) is 5.13. The van der Waals surface area contributed by atoms with Crippen molar-refractivity contribution >= 4 is 38.3 Å². The van der Waals surface area contributed by atoms with E-state index < -0.39 is 0 Å². The van der Waals surface area contributed by atoms with Crippen LogP contribution in [0.2, 0.25) is 0 Å². The fourth-order valence-electron chi connectivity index (χ4n) is 2.91. The number of nitrogens with zero attached hydrogens (tertiary/aromatic N) is 2. The topological polar surface area (TPSA) is 45.2 Å². The van der Waals surface area contributed by atoms with E-state index in [4.69, 9.17) is 0 Å². The van der Waals surface area contributed by atoms with Crippen LogP contribution in [0.15, 0.2) is 34.1 Å². The molecule has 0 atom stereocenters. The lowest BCUT2D eigenvalue weighted by atomic mass is 10.1. The summed E-state index contributed by atoms with van der Waals surface area (Å²) < 4.78 is 1.05. The first-order chi connectivity index (χ1) is 11.7. The van der Waals surface area contributed by atoms with Gasteiger partial charge in [0.25, 0.3) is 0 Å². The van der Waals surface area contributed by atoms with Gasteiger partial charge in [-0.3, -0.25) is 4.79 Å². The highest BCUT2D eigenvalue weighted by molar-refractivity contribution is 9.10. The molecule has 1 aromatic heterocycles. The average Bonchev–Trinajstić information content (AvgIpc) is 3.05. The van der Waals surface area contributed by atoms with Crippen LogP contribution in [-0.4, -0.2) is 35.4 Å². The fraction of sp³-hybridized carbons (Fsp3) is 0.444. The maximum Gasteiger partial charge on any atom is 0.226 e. The Kier molecular flexibility index (Phi) is 6.40. The molecule has 0 unspecified atom stereocenters. The van der Waals surface area contributed by atoms with Crippen molar-refractivity contribution in [3.63, 3.8) is 0 Å². The summed E-state index contributed by atoms with van der Waals surface area (Å²) in [6.07, 6.45) is 5.41. The van der Waals surface area contributed by atoms with Crippen LogP contribution in [-0.2, 0) is 4.79 Å². The third-order valence-electron chi connectivity index (χ3n) is 4.22. The van der Waals surface area contributed by atoms with Crippen LogP contribution in [0.5, 0.6) is 0 Å². The van der Waals surface area contributed by atoms with Crippen molar-refractivity contribution in [2.24, 2.45) is 0 Å². The minimum atomic E-state index is 0.0590. The highest BCUT2D eigenvalue weighted by Gasteiger charge is 2.11. The molecule has 0 spiro atoms. The second-order valence-electron chi connectivity index (χ2n) is 6.10. The lowest BCUT2D eigenvalue weighted by Crippen LogP contribution is -2.31. The lowest BCUT2D eigenvalue weighted by Gasteiger charge is -2.26. The molecule has 24 heavy (non-hydrogen) atoms. The first-order valence-electron chi connectivity index (χ1n) is 8.44. The molecule has 6 heteroatoms. The number of nitrogens with one attached hydrogen (secondary N) is 1. The Bertz CT molecular complexity index is 665. The van der Waals surface area contributed by atoms with Gasteiger partial charge in [-0.05, 0) is 51.0 Å². The van der Waals surface area contributed by atoms with Crippen LogP contribution in [0.3, 0.4) is 0 Å². The van der Waals surface area contributed by atoms with Gasteiger partial charge in [0.15, 0.2) is 5.13 Å². The Hall–Kier alpha value is -1.24. The third-order valence-corrected chi connectivity index (χ3v) is 5.50. The van der Waals surface area contributed by atoms with Crippen LogP contribution in [0.1, 0.15) is 32.1 Å². The molecule has 1 amide bonds. The van der Waals surface area contributed by atoms with E-state index in [2.05, 4.69) is 31.1 Å². The Morgan fingerprint density at radius 1 is 1.21 bits per heavy atom. The van der Waals surface area contributed by atoms with Crippen molar-refractivity contribution in [1.29, 1.82) is 0 Å². The maximum absolute atomic E-state index is 12.1. The van der Waals surface area contributed by atoms with E-state index in [-0.39, 0.29) is 5.91 Å². The quantitative estimate of drug-likeness (QED) is 0.749. The zero-order valence-corrected chi connectivity index (χ0v) is 16.0. The van der Waals surface area contributed by atoms with Crippen molar-refractivity contribution in [2.75, 3.05) is 25.0 Å². The van der Waals surface area contributed by atoms with E-state index in [1.54, 1.807) is 0 Å². The molecule has 1 saturated heterocycles. The summed E-state index contributed by atoms with van der Waals surface area (Å²) in [7, 11) is 0. The minimum Gasteiger partial charge on any atom is -0.303 e. The number of aromatic nitrogens is 1. The van der Waals surface area contributed by atoms with E-state index in [0.29, 0.717) is 11.6 Å². The molecule has 1 aliphatic heterocycles. The number of thiazole rings is 1. The first-order valence-corrected chi connectivity index (χ1v) is 10.1. The van der Waals surface area contributed by atoms with E-state index >= 15 is 0 Å². The van der Waals surface area contributed by atoms with Gasteiger partial charge < -0.3 is 10.2 Å². The number of rotatable bonds is 6. The molecule has 1 fully saturated rings. The van der Waals surface area contributed by atoms with Crippen LogP contribution in [0.4, 0.5) is 5.13 Å². The second-order valence-corrected chi connectivity index (χ2v) is 7.87. The zero-order chi connectivity index (χ0) is 16.8. The second kappa shape index (κ2) is 8.74. The first kappa shape index (κ1) is 17.6. The van der Waals surface area contributed by atoms with Crippen LogP contribution >= 0.6 is 27.3 Å². The highest BCUT2D eigenvalue weighted by Crippen LogP contribution is 2.26. The van der Waals surface area contributed by atoms with Crippen LogP contribution in [0.25, 0.3) is 11.3 Å². The van der Waals surface area contributed by atoms with Gasteiger partial charge >= 0.3 is 0 Å². The zero-order valence-electron chi connectivity index (χ0n) is 13.6. The summed E-state index contributed by atoms with van der Waals surface area (Å²) in [5.74, 6) is 0.0590. The van der Waals surface area contributed by atoms with Crippen molar-refractivity contribution < 1.29 is 4.79 Å². The van der Waals surface area contributed by atoms with Gasteiger partial charge in [0.05, 0.1) is 5.69 Å². The van der Waals surface area contributed by atoms with Gasteiger partial charge in [-0.2, -0.15) is 0 Å². The van der Waals surface area contributed by atoms with E-state index in [1.165, 1.54) is 43.7 Å². The minimum absolute atomic E-state index is 0.0590. The SMILES string of the molecule is O=C(CCCN1CCCCC1)Nc1nc(-c2ccc(Br)cc2)cs1. The van der Waals surface area contributed by atoms with E-state index in [9.17, 15) is 4.79 Å². The highest BCUT2D eigenvalue weighted by atomic mass is 79.9. The predicted molar refractivity (Wildman–Crippen MR) is 103 cm³/mol. The molecule has 0 aliphatic carbocycles. The van der Waals surface area contributed by atoms with Crippen LogP contribution in [0, 0.1) is 0 Å². The summed E-state index contributed by atoms with van der Waals surface area (Å²) in [6.45, 7) is 3.39. The lowest BCUT2D eigenvalue weighted by molar-refractivity contribution is -0.116. The summed E-state index contributed by atoms with van der Waals surface area (Å²) in [4.78, 5) is 19.0. The summed E-state index contributed by atoms with van der Waals surface area (Å²) in [5, 5.41) is 5.58. The summed E-state index contributed by atoms with van der Waals surface area (Å²) >= 11 is 4.90. The molecule has 2 heterocycles. The molecule has 0 saturated carbocycles. The number of hydrogen-bond donors (Lipinski definition) is 1. The number of carbonyl (C=O) groups is 1. The average molecular weight is 408 g/mol. The largest absolute Gasteiger partial charge is 0.303 e. The molecular weight excluding hydrogens is 386 g/mol. The Balaban J connectivity index is 1.45. The number of likely N-dealkylation sites (tertiary alicyclic amines) is 1. The number of halogens is 1. The Morgan fingerprint density at radius 3 is 2.71 bits per heavy atom. The molecule has 3 rings (SSSR count). The summed E-state index contributed by atoms with van der Waals surface area (Å²) in [5.41, 5.74) is 1.95. The Labute approximate surface area is 155 Å². The summed E-state index contributed by atoms with van der Waals surface area (Å²) in [6, 6.07) is 8.02. The van der Waals surface area contributed by atoms with Gasteiger partial charge in [-0.25, -0.2) is 4.98 Å². The number of piperidine rings is 1. The predicted octanol–water partition coefficient (Wildman–Crippen LogP) is 4.78. The molecule has 4 nitrogen and oxygen atoms in total. The van der Waals surface area contributed by atoms with Crippen LogP contribution < -0.4 is 5.32 Å². The number of benzene rings is 1.